The highest BCUT2D eigenvalue weighted by molar-refractivity contribution is 7.09. The van der Waals surface area contributed by atoms with Crippen molar-refractivity contribution in [3.8, 4) is 0 Å². The standard InChI is InChI=1S/C10H17N3S/c1-13-4-2-3-9(13)5-11-6-10-7-12-8-14-10/h7-9,11H,2-6H2,1H3. The number of hydrogen-bond donors (Lipinski definition) is 1. The van der Waals surface area contributed by atoms with Crippen molar-refractivity contribution in [2.45, 2.75) is 25.4 Å². The lowest BCUT2D eigenvalue weighted by Crippen LogP contribution is -2.35. The summed E-state index contributed by atoms with van der Waals surface area (Å²) in [5.74, 6) is 0. The summed E-state index contributed by atoms with van der Waals surface area (Å²) in [5.41, 5.74) is 1.89. The lowest BCUT2D eigenvalue weighted by atomic mass is 10.2. The zero-order chi connectivity index (χ0) is 9.80. The van der Waals surface area contributed by atoms with Crippen LogP contribution in [0.15, 0.2) is 11.7 Å². The molecule has 1 aliphatic heterocycles. The molecule has 0 saturated carbocycles. The molecular weight excluding hydrogens is 194 g/mol. The molecule has 14 heavy (non-hydrogen) atoms. The Morgan fingerprint density at radius 1 is 1.71 bits per heavy atom. The highest BCUT2D eigenvalue weighted by atomic mass is 32.1. The van der Waals surface area contributed by atoms with Crippen LogP contribution in [0.5, 0.6) is 0 Å². The zero-order valence-electron chi connectivity index (χ0n) is 8.57. The van der Waals surface area contributed by atoms with E-state index in [0.717, 1.165) is 19.1 Å². The molecule has 0 bridgehead atoms. The maximum atomic E-state index is 4.06. The largest absolute Gasteiger partial charge is 0.310 e. The average Bonchev–Trinajstić information content (AvgIpc) is 2.78. The predicted octanol–water partition coefficient (Wildman–Crippen LogP) is 1.33. The van der Waals surface area contributed by atoms with E-state index in [-0.39, 0.29) is 0 Å². The zero-order valence-corrected chi connectivity index (χ0v) is 9.39. The van der Waals surface area contributed by atoms with Crippen molar-refractivity contribution in [2.24, 2.45) is 0 Å². The van der Waals surface area contributed by atoms with E-state index in [2.05, 4.69) is 22.2 Å². The minimum atomic E-state index is 0.739. The van der Waals surface area contributed by atoms with Crippen molar-refractivity contribution in [2.75, 3.05) is 20.1 Å². The van der Waals surface area contributed by atoms with E-state index < -0.39 is 0 Å². The van der Waals surface area contributed by atoms with E-state index in [9.17, 15) is 0 Å². The van der Waals surface area contributed by atoms with E-state index >= 15 is 0 Å². The van der Waals surface area contributed by atoms with Crippen LogP contribution in [-0.4, -0.2) is 36.1 Å². The second kappa shape index (κ2) is 4.87. The molecule has 1 atom stereocenters. The summed E-state index contributed by atoms with van der Waals surface area (Å²) >= 11 is 1.72. The number of likely N-dealkylation sites (N-methyl/N-ethyl adjacent to an activating group) is 1. The molecule has 1 fully saturated rings. The summed E-state index contributed by atoms with van der Waals surface area (Å²) < 4.78 is 0. The van der Waals surface area contributed by atoms with Crippen LogP contribution in [0, 0.1) is 0 Å². The van der Waals surface area contributed by atoms with Crippen molar-refractivity contribution < 1.29 is 0 Å². The highest BCUT2D eigenvalue weighted by Crippen LogP contribution is 2.13. The Balaban J connectivity index is 1.68. The van der Waals surface area contributed by atoms with Crippen LogP contribution in [0.3, 0.4) is 0 Å². The lowest BCUT2D eigenvalue weighted by molar-refractivity contribution is 0.300. The SMILES string of the molecule is CN1CCCC1CNCc1cncs1. The molecule has 3 nitrogen and oxygen atoms in total. The van der Waals surface area contributed by atoms with Gasteiger partial charge in [-0.25, -0.2) is 0 Å². The van der Waals surface area contributed by atoms with Gasteiger partial charge in [0.05, 0.1) is 5.51 Å². The fourth-order valence-electron chi connectivity index (χ4n) is 1.93. The molecule has 0 aromatic carbocycles. The molecule has 1 unspecified atom stereocenters. The van der Waals surface area contributed by atoms with Gasteiger partial charge in [-0.1, -0.05) is 0 Å². The minimum Gasteiger partial charge on any atom is -0.310 e. The van der Waals surface area contributed by atoms with Gasteiger partial charge in [0.15, 0.2) is 0 Å². The number of hydrogen-bond acceptors (Lipinski definition) is 4. The summed E-state index contributed by atoms with van der Waals surface area (Å²) in [6, 6.07) is 0.739. The average molecular weight is 211 g/mol. The van der Waals surface area contributed by atoms with Crippen LogP contribution in [0.2, 0.25) is 0 Å². The van der Waals surface area contributed by atoms with Crippen molar-refractivity contribution in [1.29, 1.82) is 0 Å². The van der Waals surface area contributed by atoms with Crippen LogP contribution >= 0.6 is 11.3 Å². The van der Waals surface area contributed by atoms with Gasteiger partial charge in [-0.2, -0.15) is 0 Å². The Morgan fingerprint density at radius 2 is 2.64 bits per heavy atom. The fourth-order valence-corrected chi connectivity index (χ4v) is 2.49. The van der Waals surface area contributed by atoms with Crippen molar-refractivity contribution in [3.05, 3.63) is 16.6 Å². The van der Waals surface area contributed by atoms with E-state index in [0.29, 0.717) is 0 Å². The van der Waals surface area contributed by atoms with Gasteiger partial charge in [0.25, 0.3) is 0 Å². The van der Waals surface area contributed by atoms with E-state index in [1.165, 1.54) is 24.3 Å². The maximum absolute atomic E-state index is 4.06. The number of aromatic nitrogens is 1. The van der Waals surface area contributed by atoms with Gasteiger partial charge in [0, 0.05) is 30.2 Å². The molecule has 1 aromatic rings. The summed E-state index contributed by atoms with van der Waals surface area (Å²) in [6.07, 6.45) is 4.63. The van der Waals surface area contributed by atoms with Crippen molar-refractivity contribution >= 4 is 11.3 Å². The Kier molecular flexibility index (Phi) is 3.50. The van der Waals surface area contributed by atoms with E-state index in [4.69, 9.17) is 0 Å². The molecule has 4 heteroatoms. The first-order valence-corrected chi connectivity index (χ1v) is 6.02. The number of nitrogens with zero attached hydrogens (tertiary/aromatic N) is 2. The van der Waals surface area contributed by atoms with Gasteiger partial charge in [-0.15, -0.1) is 11.3 Å². The molecule has 1 N–H and O–H groups in total. The van der Waals surface area contributed by atoms with Gasteiger partial charge in [-0.3, -0.25) is 4.98 Å². The van der Waals surface area contributed by atoms with Gasteiger partial charge < -0.3 is 10.2 Å². The van der Waals surface area contributed by atoms with E-state index in [1.807, 2.05) is 11.7 Å². The van der Waals surface area contributed by atoms with Gasteiger partial charge >= 0.3 is 0 Å². The first-order chi connectivity index (χ1) is 6.86. The fraction of sp³-hybridized carbons (Fsp3) is 0.700. The third-order valence-corrected chi connectivity index (χ3v) is 3.61. The maximum Gasteiger partial charge on any atom is 0.0794 e. The summed E-state index contributed by atoms with van der Waals surface area (Å²) in [5, 5.41) is 3.49. The molecule has 1 aliphatic rings. The Hall–Kier alpha value is -0.450. The summed E-state index contributed by atoms with van der Waals surface area (Å²) in [6.45, 7) is 3.33. The molecule has 2 heterocycles. The smallest absolute Gasteiger partial charge is 0.0794 e. The molecule has 0 aliphatic carbocycles. The number of rotatable bonds is 4. The Bertz CT molecular complexity index is 260. The van der Waals surface area contributed by atoms with Crippen LogP contribution in [0.25, 0.3) is 0 Å². The Morgan fingerprint density at radius 3 is 3.29 bits per heavy atom. The monoisotopic (exact) mass is 211 g/mol. The first kappa shape index (κ1) is 10.1. The van der Waals surface area contributed by atoms with Gasteiger partial charge in [-0.05, 0) is 26.4 Å². The van der Waals surface area contributed by atoms with Crippen LogP contribution in [-0.2, 0) is 6.54 Å². The predicted molar refractivity (Wildman–Crippen MR) is 59.5 cm³/mol. The first-order valence-electron chi connectivity index (χ1n) is 5.14. The van der Waals surface area contributed by atoms with Crippen LogP contribution < -0.4 is 5.32 Å². The van der Waals surface area contributed by atoms with Gasteiger partial charge in [0.1, 0.15) is 0 Å². The van der Waals surface area contributed by atoms with Crippen molar-refractivity contribution in [3.63, 3.8) is 0 Å². The second-order valence-corrected chi connectivity index (χ2v) is 4.85. The quantitative estimate of drug-likeness (QED) is 0.814. The highest BCUT2D eigenvalue weighted by Gasteiger charge is 2.19. The summed E-state index contributed by atoms with van der Waals surface area (Å²) in [4.78, 5) is 7.82. The third-order valence-electron chi connectivity index (χ3n) is 2.83. The number of nitrogens with one attached hydrogen (secondary N) is 1. The topological polar surface area (TPSA) is 28.2 Å². The molecule has 2 rings (SSSR count). The third kappa shape index (κ3) is 2.53. The molecule has 0 amide bonds. The van der Waals surface area contributed by atoms with Crippen LogP contribution in [0.4, 0.5) is 0 Å². The molecular formula is C10H17N3S. The number of likely N-dealkylation sites (tertiary alicyclic amines) is 1. The molecule has 0 spiro atoms. The molecule has 1 aromatic heterocycles. The summed E-state index contributed by atoms with van der Waals surface area (Å²) in [7, 11) is 2.21. The van der Waals surface area contributed by atoms with Crippen molar-refractivity contribution in [1.82, 2.24) is 15.2 Å². The minimum absolute atomic E-state index is 0.739. The Labute approximate surface area is 89.1 Å². The van der Waals surface area contributed by atoms with Crippen LogP contribution in [0.1, 0.15) is 17.7 Å². The normalized spacial score (nSPS) is 23.1. The molecule has 0 radical (unpaired) electrons. The number of thiazole rings is 1. The molecule has 1 saturated heterocycles. The second-order valence-electron chi connectivity index (χ2n) is 3.88. The van der Waals surface area contributed by atoms with Gasteiger partial charge in [0.2, 0.25) is 0 Å². The van der Waals surface area contributed by atoms with E-state index in [1.54, 1.807) is 11.3 Å². The lowest BCUT2D eigenvalue weighted by Gasteiger charge is -2.19. The molecule has 78 valence electrons.